The van der Waals surface area contributed by atoms with E-state index in [-0.39, 0.29) is 17.8 Å². The first-order valence-electron chi connectivity index (χ1n) is 6.77. The van der Waals surface area contributed by atoms with Gasteiger partial charge < -0.3 is 14.9 Å². The molecule has 4 atom stereocenters. The van der Waals surface area contributed by atoms with Gasteiger partial charge >= 0.3 is 5.97 Å². The summed E-state index contributed by atoms with van der Waals surface area (Å²) in [5, 5.41) is 19.5. The van der Waals surface area contributed by atoms with Gasteiger partial charge in [0, 0.05) is 5.57 Å². The van der Waals surface area contributed by atoms with E-state index in [1.165, 1.54) is 7.11 Å². The van der Waals surface area contributed by atoms with Crippen LogP contribution in [0.3, 0.4) is 0 Å². The molecule has 0 heterocycles. The largest absolute Gasteiger partial charge is 0.466 e. The lowest BCUT2D eigenvalue weighted by molar-refractivity contribution is -0.136. The Morgan fingerprint density at radius 3 is 2.32 bits per heavy atom. The molecule has 4 nitrogen and oxygen atoms in total. The van der Waals surface area contributed by atoms with E-state index in [4.69, 9.17) is 0 Å². The summed E-state index contributed by atoms with van der Waals surface area (Å²) in [5.74, 6) is 0.163. The predicted molar refractivity (Wildman–Crippen MR) is 75.6 cm³/mol. The van der Waals surface area contributed by atoms with Gasteiger partial charge in [-0.05, 0) is 45.4 Å². The van der Waals surface area contributed by atoms with Gasteiger partial charge in [0.1, 0.15) is 0 Å². The minimum atomic E-state index is -1.07. The molecular formula is C15H28O4. The quantitative estimate of drug-likeness (QED) is 0.551. The van der Waals surface area contributed by atoms with E-state index in [0.717, 1.165) is 6.42 Å². The monoisotopic (exact) mass is 272 g/mol. The number of carbonyl (C=O) groups is 1. The van der Waals surface area contributed by atoms with Gasteiger partial charge in [-0.25, -0.2) is 4.79 Å². The fourth-order valence-electron chi connectivity index (χ4n) is 2.32. The molecule has 0 aromatic carbocycles. The normalized spacial score (nSPS) is 20.3. The maximum absolute atomic E-state index is 11.3. The SMILES string of the molecule is COC(=O)/C(C)=C/C(C)CC(C)CC(C)(O)C(C)O. The third-order valence-corrected chi connectivity index (χ3v) is 3.48. The van der Waals surface area contributed by atoms with Crippen LogP contribution >= 0.6 is 0 Å². The molecule has 0 fully saturated rings. The Morgan fingerprint density at radius 2 is 1.89 bits per heavy atom. The Hall–Kier alpha value is -0.870. The van der Waals surface area contributed by atoms with Gasteiger partial charge in [0.15, 0.2) is 0 Å². The minimum Gasteiger partial charge on any atom is -0.466 e. The zero-order valence-electron chi connectivity index (χ0n) is 12.9. The maximum Gasteiger partial charge on any atom is 0.333 e. The highest BCUT2D eigenvalue weighted by Gasteiger charge is 2.29. The molecule has 0 aliphatic rings. The fourth-order valence-corrected chi connectivity index (χ4v) is 2.32. The van der Waals surface area contributed by atoms with Crippen molar-refractivity contribution in [3.05, 3.63) is 11.6 Å². The highest BCUT2D eigenvalue weighted by molar-refractivity contribution is 5.87. The van der Waals surface area contributed by atoms with Crippen LogP contribution in [0.25, 0.3) is 0 Å². The van der Waals surface area contributed by atoms with Crippen molar-refractivity contribution in [1.82, 2.24) is 0 Å². The van der Waals surface area contributed by atoms with Gasteiger partial charge in [0.25, 0.3) is 0 Å². The second-order valence-electron chi connectivity index (χ2n) is 5.90. The van der Waals surface area contributed by atoms with Crippen molar-refractivity contribution in [2.45, 2.75) is 59.2 Å². The van der Waals surface area contributed by atoms with Crippen LogP contribution in [0.15, 0.2) is 11.6 Å². The predicted octanol–water partition coefficient (Wildman–Crippen LogP) is 2.29. The van der Waals surface area contributed by atoms with Crippen molar-refractivity contribution < 1.29 is 19.7 Å². The lowest BCUT2D eigenvalue weighted by Crippen LogP contribution is -2.38. The molecule has 0 aromatic heterocycles. The zero-order chi connectivity index (χ0) is 15.2. The van der Waals surface area contributed by atoms with Crippen LogP contribution in [0.5, 0.6) is 0 Å². The number of esters is 1. The average Bonchev–Trinajstić information content (AvgIpc) is 2.26. The molecule has 112 valence electrons. The van der Waals surface area contributed by atoms with Gasteiger partial charge in [-0.15, -0.1) is 0 Å². The number of aliphatic hydroxyl groups is 2. The number of ether oxygens (including phenoxy) is 1. The zero-order valence-corrected chi connectivity index (χ0v) is 12.9. The van der Waals surface area contributed by atoms with Crippen molar-refractivity contribution in [2.75, 3.05) is 7.11 Å². The van der Waals surface area contributed by atoms with Crippen molar-refractivity contribution in [1.29, 1.82) is 0 Å². The van der Waals surface area contributed by atoms with Crippen LogP contribution in [0, 0.1) is 11.8 Å². The van der Waals surface area contributed by atoms with Gasteiger partial charge in [-0.2, -0.15) is 0 Å². The Morgan fingerprint density at radius 1 is 1.37 bits per heavy atom. The van der Waals surface area contributed by atoms with E-state index in [9.17, 15) is 15.0 Å². The number of allylic oxidation sites excluding steroid dienone is 1. The lowest BCUT2D eigenvalue weighted by Gasteiger charge is -2.30. The first-order valence-corrected chi connectivity index (χ1v) is 6.77. The van der Waals surface area contributed by atoms with Crippen LogP contribution in [0.4, 0.5) is 0 Å². The molecule has 4 heteroatoms. The van der Waals surface area contributed by atoms with E-state index in [1.807, 2.05) is 19.9 Å². The summed E-state index contributed by atoms with van der Waals surface area (Å²) in [6.07, 6.45) is 2.51. The summed E-state index contributed by atoms with van der Waals surface area (Å²) >= 11 is 0. The number of hydrogen-bond acceptors (Lipinski definition) is 4. The smallest absolute Gasteiger partial charge is 0.333 e. The summed E-state index contributed by atoms with van der Waals surface area (Å²) in [6, 6.07) is 0. The van der Waals surface area contributed by atoms with Gasteiger partial charge in [0.2, 0.25) is 0 Å². The third-order valence-electron chi connectivity index (χ3n) is 3.48. The molecule has 0 amide bonds. The molecule has 19 heavy (non-hydrogen) atoms. The number of methoxy groups -OCH3 is 1. The Kier molecular flexibility index (Phi) is 7.30. The second-order valence-corrected chi connectivity index (χ2v) is 5.90. The molecule has 4 unspecified atom stereocenters. The van der Waals surface area contributed by atoms with Crippen LogP contribution in [0.1, 0.15) is 47.5 Å². The molecule has 0 aromatic rings. The number of aliphatic hydroxyl groups excluding tert-OH is 1. The minimum absolute atomic E-state index is 0.221. The molecule has 0 bridgehead atoms. The van der Waals surface area contributed by atoms with Crippen molar-refractivity contribution >= 4 is 5.97 Å². The fraction of sp³-hybridized carbons (Fsp3) is 0.800. The lowest BCUT2D eigenvalue weighted by atomic mass is 9.84. The summed E-state index contributed by atoms with van der Waals surface area (Å²) in [4.78, 5) is 11.3. The van der Waals surface area contributed by atoms with Crippen LogP contribution in [-0.4, -0.2) is 35.0 Å². The van der Waals surface area contributed by atoms with Gasteiger partial charge in [0.05, 0.1) is 18.8 Å². The highest BCUT2D eigenvalue weighted by atomic mass is 16.5. The molecule has 0 aliphatic heterocycles. The summed E-state index contributed by atoms with van der Waals surface area (Å²) < 4.78 is 4.65. The Balaban J connectivity index is 4.42. The molecule has 0 saturated carbocycles. The van der Waals surface area contributed by atoms with E-state index in [2.05, 4.69) is 4.74 Å². The Labute approximate surface area is 116 Å². The maximum atomic E-state index is 11.3. The third kappa shape index (κ3) is 6.73. The molecule has 0 rings (SSSR count). The first kappa shape index (κ1) is 18.1. The molecule has 2 N–H and O–H groups in total. The average molecular weight is 272 g/mol. The molecule has 0 radical (unpaired) electrons. The van der Waals surface area contributed by atoms with Crippen LogP contribution in [-0.2, 0) is 9.53 Å². The second kappa shape index (κ2) is 7.65. The van der Waals surface area contributed by atoms with E-state index >= 15 is 0 Å². The standard InChI is InChI=1S/C15H28O4/c1-10(8-12(3)14(17)19-6)7-11(2)9-15(5,18)13(4)16/h8,10-11,13,16,18H,7,9H2,1-6H3/b12-8+. The topological polar surface area (TPSA) is 66.8 Å². The van der Waals surface area contributed by atoms with E-state index in [1.54, 1.807) is 20.8 Å². The first-order chi connectivity index (χ1) is 8.60. The number of rotatable bonds is 7. The molecular weight excluding hydrogens is 244 g/mol. The van der Waals surface area contributed by atoms with Gasteiger partial charge in [-0.3, -0.25) is 0 Å². The van der Waals surface area contributed by atoms with Crippen molar-refractivity contribution in [3.63, 3.8) is 0 Å². The summed E-state index contributed by atoms with van der Waals surface area (Å²) in [7, 11) is 1.37. The molecule has 0 saturated heterocycles. The van der Waals surface area contributed by atoms with Crippen molar-refractivity contribution in [2.24, 2.45) is 11.8 Å². The summed E-state index contributed by atoms with van der Waals surface area (Å²) in [5.41, 5.74) is -0.468. The van der Waals surface area contributed by atoms with Crippen molar-refractivity contribution in [3.8, 4) is 0 Å². The number of carbonyl (C=O) groups excluding carboxylic acids is 1. The molecule has 0 spiro atoms. The summed E-state index contributed by atoms with van der Waals surface area (Å²) in [6.45, 7) is 9.04. The van der Waals surface area contributed by atoms with Gasteiger partial charge in [-0.1, -0.05) is 19.9 Å². The van der Waals surface area contributed by atoms with Crippen LogP contribution in [0.2, 0.25) is 0 Å². The van der Waals surface area contributed by atoms with Crippen LogP contribution < -0.4 is 0 Å². The number of hydrogen-bond donors (Lipinski definition) is 2. The van der Waals surface area contributed by atoms with E-state index < -0.39 is 11.7 Å². The Bertz CT molecular complexity index is 318. The highest BCUT2D eigenvalue weighted by Crippen LogP contribution is 2.25. The molecule has 0 aliphatic carbocycles. The van der Waals surface area contributed by atoms with E-state index in [0.29, 0.717) is 12.0 Å².